The van der Waals surface area contributed by atoms with E-state index in [1.54, 1.807) is 18.2 Å². The van der Waals surface area contributed by atoms with Crippen LogP contribution in [-0.4, -0.2) is 61.3 Å². The fourth-order valence-corrected chi connectivity index (χ4v) is 3.69. The topological polar surface area (TPSA) is 69.1 Å². The quantitative estimate of drug-likeness (QED) is 0.298. The van der Waals surface area contributed by atoms with Crippen molar-refractivity contribution in [3.63, 3.8) is 0 Å². The molecule has 0 amide bonds. The molecule has 0 atom stereocenters. The molecule has 0 aromatic heterocycles. The number of likely N-dealkylation sites (tertiary alicyclic amines) is 1. The summed E-state index contributed by atoms with van der Waals surface area (Å²) in [5.74, 6) is 1.26. The monoisotopic (exact) mass is 442 g/mol. The Morgan fingerprint density at radius 1 is 1.16 bits per heavy atom. The Labute approximate surface area is 190 Å². The van der Waals surface area contributed by atoms with E-state index in [-0.39, 0.29) is 17.7 Å². The van der Waals surface area contributed by atoms with E-state index in [0.29, 0.717) is 18.7 Å². The minimum Gasteiger partial charge on any atom is -0.454 e. The van der Waals surface area contributed by atoms with Crippen molar-refractivity contribution in [3.8, 4) is 11.5 Å². The highest BCUT2D eigenvalue weighted by atomic mass is 19.1. The molecule has 1 saturated heterocycles. The number of halogens is 1. The molecule has 2 aromatic rings. The molecule has 0 spiro atoms. The summed E-state index contributed by atoms with van der Waals surface area (Å²) in [5, 5.41) is 16.2. The second kappa shape index (κ2) is 13.0. The molecule has 32 heavy (non-hydrogen) atoms. The number of hydrogen-bond donors (Lipinski definition) is 3. The first-order valence-corrected chi connectivity index (χ1v) is 11.6. The van der Waals surface area contributed by atoms with E-state index < -0.39 is 0 Å². The summed E-state index contributed by atoms with van der Waals surface area (Å²) >= 11 is 0. The van der Waals surface area contributed by atoms with Crippen molar-refractivity contribution in [1.82, 2.24) is 15.5 Å². The number of benzene rings is 2. The zero-order valence-electron chi connectivity index (χ0n) is 18.9. The molecular weight excluding hydrogens is 407 g/mol. The lowest BCUT2D eigenvalue weighted by atomic mass is 10.1. The van der Waals surface area contributed by atoms with Crippen LogP contribution in [0.1, 0.15) is 31.7 Å². The molecule has 0 unspecified atom stereocenters. The van der Waals surface area contributed by atoms with Crippen LogP contribution >= 0.6 is 0 Å². The number of nitrogens with one attached hydrogen (secondary N) is 2. The summed E-state index contributed by atoms with van der Waals surface area (Å²) in [4.78, 5) is 7.04. The van der Waals surface area contributed by atoms with Gasteiger partial charge in [-0.15, -0.1) is 0 Å². The van der Waals surface area contributed by atoms with Crippen molar-refractivity contribution < 1.29 is 14.2 Å². The van der Waals surface area contributed by atoms with E-state index in [4.69, 9.17) is 4.74 Å². The summed E-state index contributed by atoms with van der Waals surface area (Å²) in [5.41, 5.74) is 0.901. The second-order valence-electron chi connectivity index (χ2n) is 8.04. The molecule has 1 heterocycles. The van der Waals surface area contributed by atoms with E-state index >= 15 is 0 Å². The molecule has 7 heteroatoms. The fourth-order valence-electron chi connectivity index (χ4n) is 3.69. The summed E-state index contributed by atoms with van der Waals surface area (Å²) < 4.78 is 20.0. The van der Waals surface area contributed by atoms with Gasteiger partial charge in [0.25, 0.3) is 0 Å². The number of hydrogen-bond acceptors (Lipinski definition) is 4. The number of piperidine rings is 1. The Bertz CT molecular complexity index is 839. The highest BCUT2D eigenvalue weighted by Gasteiger charge is 2.16. The van der Waals surface area contributed by atoms with Gasteiger partial charge in [-0.1, -0.05) is 24.3 Å². The predicted molar refractivity (Wildman–Crippen MR) is 127 cm³/mol. The van der Waals surface area contributed by atoms with Gasteiger partial charge in [0.15, 0.2) is 17.5 Å². The van der Waals surface area contributed by atoms with Gasteiger partial charge >= 0.3 is 0 Å². The number of aliphatic hydroxyl groups excluding tert-OH is 1. The van der Waals surface area contributed by atoms with E-state index in [1.807, 2.05) is 31.2 Å². The maximum absolute atomic E-state index is 14.4. The molecule has 2 aromatic carbocycles. The molecule has 0 bridgehead atoms. The summed E-state index contributed by atoms with van der Waals surface area (Å²) in [6.07, 6.45) is 3.28. The smallest absolute Gasteiger partial charge is 0.191 e. The Balaban J connectivity index is 1.41. The lowest BCUT2D eigenvalue weighted by Crippen LogP contribution is -2.39. The summed E-state index contributed by atoms with van der Waals surface area (Å²) in [7, 11) is 0. The first-order chi connectivity index (χ1) is 15.6. The molecule has 1 aliphatic heterocycles. The standard InChI is InChI=1S/C25H35FN4O2/c1-2-27-25(28-14-6-16-30-17-12-21(31)13-18-30)29-15-11-20-9-10-24(23(26)19-20)32-22-7-4-3-5-8-22/h3-5,7-10,19,21,31H,2,6,11-18H2,1H3,(H2,27,28,29). The fraction of sp³-hybridized carbons (Fsp3) is 0.480. The van der Waals surface area contributed by atoms with Crippen LogP contribution in [0.4, 0.5) is 4.39 Å². The van der Waals surface area contributed by atoms with E-state index in [9.17, 15) is 9.50 Å². The van der Waals surface area contributed by atoms with Crippen molar-refractivity contribution in [2.75, 3.05) is 39.3 Å². The van der Waals surface area contributed by atoms with Crippen LogP contribution in [0.25, 0.3) is 0 Å². The SMILES string of the molecule is CCNC(=NCCCN1CCC(O)CC1)NCCc1ccc(Oc2ccccc2)c(F)c1. The largest absolute Gasteiger partial charge is 0.454 e. The molecule has 0 aliphatic carbocycles. The highest BCUT2D eigenvalue weighted by molar-refractivity contribution is 5.79. The van der Waals surface area contributed by atoms with E-state index in [0.717, 1.165) is 63.5 Å². The Morgan fingerprint density at radius 2 is 1.94 bits per heavy atom. The van der Waals surface area contributed by atoms with Crippen molar-refractivity contribution in [1.29, 1.82) is 0 Å². The van der Waals surface area contributed by atoms with Gasteiger partial charge in [0.1, 0.15) is 5.75 Å². The van der Waals surface area contributed by atoms with Crippen molar-refractivity contribution in [3.05, 3.63) is 59.9 Å². The number of para-hydroxylation sites is 1. The minimum absolute atomic E-state index is 0.130. The van der Waals surface area contributed by atoms with Gasteiger partial charge in [0, 0.05) is 32.7 Å². The average Bonchev–Trinajstić information content (AvgIpc) is 2.80. The third-order valence-corrected chi connectivity index (χ3v) is 5.48. The minimum atomic E-state index is -0.364. The lowest BCUT2D eigenvalue weighted by molar-refractivity contribution is 0.0824. The summed E-state index contributed by atoms with van der Waals surface area (Å²) in [6, 6.07) is 14.3. The van der Waals surface area contributed by atoms with Crippen LogP contribution < -0.4 is 15.4 Å². The Hall–Kier alpha value is -2.64. The molecule has 3 rings (SSSR count). The third-order valence-electron chi connectivity index (χ3n) is 5.48. The van der Waals surface area contributed by atoms with Gasteiger partial charge in [-0.3, -0.25) is 4.99 Å². The maximum Gasteiger partial charge on any atom is 0.191 e. The zero-order valence-corrected chi connectivity index (χ0v) is 18.9. The van der Waals surface area contributed by atoms with Crippen molar-refractivity contribution >= 4 is 5.96 Å². The highest BCUT2D eigenvalue weighted by Crippen LogP contribution is 2.25. The lowest BCUT2D eigenvalue weighted by Gasteiger charge is -2.29. The molecular formula is C25H35FN4O2. The Kier molecular flexibility index (Phi) is 9.78. The normalized spacial score (nSPS) is 15.5. The first-order valence-electron chi connectivity index (χ1n) is 11.6. The van der Waals surface area contributed by atoms with Gasteiger partial charge in [-0.25, -0.2) is 4.39 Å². The van der Waals surface area contributed by atoms with Crippen LogP contribution in [0, 0.1) is 5.82 Å². The van der Waals surface area contributed by atoms with Crippen molar-refractivity contribution in [2.24, 2.45) is 4.99 Å². The zero-order chi connectivity index (χ0) is 22.6. The van der Waals surface area contributed by atoms with Crippen LogP contribution in [0.5, 0.6) is 11.5 Å². The number of aliphatic imine (C=N–C) groups is 1. The van der Waals surface area contributed by atoms with Gasteiger partial charge in [0.05, 0.1) is 6.10 Å². The van der Waals surface area contributed by atoms with Gasteiger partial charge in [-0.05, 0) is 69.0 Å². The molecule has 6 nitrogen and oxygen atoms in total. The van der Waals surface area contributed by atoms with Crippen molar-refractivity contribution in [2.45, 2.75) is 38.7 Å². The van der Waals surface area contributed by atoms with Crippen LogP contribution in [-0.2, 0) is 6.42 Å². The first kappa shape index (κ1) is 24.0. The molecule has 1 fully saturated rings. The van der Waals surface area contributed by atoms with Crippen LogP contribution in [0.2, 0.25) is 0 Å². The maximum atomic E-state index is 14.4. The number of nitrogens with zero attached hydrogens (tertiary/aromatic N) is 2. The van der Waals surface area contributed by atoms with Gasteiger partial charge < -0.3 is 25.4 Å². The number of rotatable bonds is 10. The number of ether oxygens (including phenoxy) is 1. The van der Waals surface area contributed by atoms with E-state index in [1.165, 1.54) is 6.07 Å². The molecule has 0 saturated carbocycles. The van der Waals surface area contributed by atoms with Gasteiger partial charge in [-0.2, -0.15) is 0 Å². The van der Waals surface area contributed by atoms with Crippen LogP contribution in [0.3, 0.4) is 0 Å². The van der Waals surface area contributed by atoms with Gasteiger partial charge in [0.2, 0.25) is 0 Å². The third kappa shape index (κ3) is 8.13. The second-order valence-corrected chi connectivity index (χ2v) is 8.04. The predicted octanol–water partition coefficient (Wildman–Crippen LogP) is 3.56. The number of aliphatic hydroxyl groups is 1. The van der Waals surface area contributed by atoms with Crippen LogP contribution in [0.15, 0.2) is 53.5 Å². The summed E-state index contributed by atoms with van der Waals surface area (Å²) in [6.45, 7) is 7.17. The molecule has 0 radical (unpaired) electrons. The molecule has 174 valence electrons. The average molecular weight is 443 g/mol. The number of guanidine groups is 1. The Morgan fingerprint density at radius 3 is 2.66 bits per heavy atom. The molecule has 3 N–H and O–H groups in total. The van der Waals surface area contributed by atoms with E-state index in [2.05, 4.69) is 20.5 Å². The molecule has 1 aliphatic rings.